The molecule has 0 aromatic heterocycles. The Morgan fingerprint density at radius 1 is 1.07 bits per heavy atom. The van der Waals surface area contributed by atoms with Crippen molar-refractivity contribution in [2.75, 3.05) is 0 Å². The zero-order valence-electron chi connectivity index (χ0n) is 20.5. The van der Waals surface area contributed by atoms with Gasteiger partial charge in [0.15, 0.2) is 0 Å². The van der Waals surface area contributed by atoms with Crippen LogP contribution in [-0.4, -0.2) is 11.2 Å². The minimum absolute atomic E-state index is 0.0864. The van der Waals surface area contributed by atoms with E-state index in [1.54, 1.807) is 5.57 Å². The zero-order valence-corrected chi connectivity index (χ0v) is 20.5. The van der Waals surface area contributed by atoms with Crippen molar-refractivity contribution < 1.29 is 5.11 Å². The number of allylic oxidation sites excluding steroid dienone is 2. The van der Waals surface area contributed by atoms with Gasteiger partial charge in [-0.2, -0.15) is 0 Å². The highest BCUT2D eigenvalue weighted by Crippen LogP contribution is 2.67. The lowest BCUT2D eigenvalue weighted by atomic mass is 9.47. The molecule has 1 heteroatoms. The molecule has 4 aliphatic rings. The number of aliphatic hydroxyl groups is 1. The van der Waals surface area contributed by atoms with Gasteiger partial charge in [0.1, 0.15) is 0 Å². The molecule has 0 aliphatic heterocycles. The van der Waals surface area contributed by atoms with Crippen molar-refractivity contribution in [1.82, 2.24) is 0 Å². The van der Waals surface area contributed by atoms with E-state index in [1.807, 2.05) is 0 Å². The van der Waals surface area contributed by atoms with E-state index in [0.29, 0.717) is 16.7 Å². The van der Waals surface area contributed by atoms with Crippen LogP contribution in [-0.2, 0) is 0 Å². The minimum Gasteiger partial charge on any atom is -0.393 e. The minimum atomic E-state index is -0.0864. The van der Waals surface area contributed by atoms with Crippen LogP contribution < -0.4 is 0 Å². The van der Waals surface area contributed by atoms with Gasteiger partial charge < -0.3 is 5.11 Å². The Morgan fingerprint density at radius 3 is 2.53 bits per heavy atom. The van der Waals surface area contributed by atoms with Crippen molar-refractivity contribution >= 4 is 0 Å². The Bertz CT molecular complexity index is 661. The third-order valence-electron chi connectivity index (χ3n) is 11.0. The summed E-state index contributed by atoms with van der Waals surface area (Å²) in [5.74, 6) is 5.82. The Balaban J connectivity index is 1.48. The van der Waals surface area contributed by atoms with E-state index in [2.05, 4.69) is 53.3 Å². The molecule has 9 atom stereocenters. The average Bonchev–Trinajstić information content (AvgIpc) is 3.06. The molecule has 170 valence electrons. The van der Waals surface area contributed by atoms with E-state index < -0.39 is 0 Å². The fourth-order valence-electron chi connectivity index (χ4n) is 9.00. The second-order valence-corrected chi connectivity index (χ2v) is 12.6. The number of hydrogen-bond acceptors (Lipinski definition) is 1. The summed E-state index contributed by atoms with van der Waals surface area (Å²) in [5, 5.41) is 10.2. The summed E-state index contributed by atoms with van der Waals surface area (Å²) >= 11 is 0. The lowest BCUT2D eigenvalue weighted by Gasteiger charge is -2.58. The smallest absolute Gasteiger partial charge is 0.0577 e. The maximum Gasteiger partial charge on any atom is 0.0577 e. The van der Waals surface area contributed by atoms with Gasteiger partial charge in [0.05, 0.1) is 6.10 Å². The SMILES string of the molecule is C=CC(CC[C@@H](C)[C@H]1CC[C@H]2[C@@H]3CC=C4C[C@@H](O)CC[C@]4(C)[C@H]3CC[C@]12C)C(C)C. The van der Waals surface area contributed by atoms with E-state index >= 15 is 0 Å². The number of rotatable bonds is 6. The topological polar surface area (TPSA) is 20.2 Å². The van der Waals surface area contributed by atoms with Gasteiger partial charge in [-0.3, -0.25) is 0 Å². The van der Waals surface area contributed by atoms with Crippen molar-refractivity contribution in [2.45, 2.75) is 105 Å². The molecule has 0 saturated heterocycles. The molecule has 1 unspecified atom stereocenters. The molecule has 0 heterocycles. The highest BCUT2D eigenvalue weighted by molar-refractivity contribution is 5.25. The number of fused-ring (bicyclic) bond motifs is 5. The van der Waals surface area contributed by atoms with Crippen molar-refractivity contribution in [1.29, 1.82) is 0 Å². The summed E-state index contributed by atoms with van der Waals surface area (Å²) in [5.41, 5.74) is 2.54. The molecular weight excluding hydrogens is 364 g/mol. The van der Waals surface area contributed by atoms with Crippen molar-refractivity contribution in [3.05, 3.63) is 24.3 Å². The number of aliphatic hydroxyl groups excluding tert-OH is 1. The molecule has 1 nitrogen and oxygen atoms in total. The molecule has 0 radical (unpaired) electrons. The molecular formula is C29H48O. The van der Waals surface area contributed by atoms with Gasteiger partial charge in [-0.1, -0.05) is 52.3 Å². The van der Waals surface area contributed by atoms with Crippen LogP contribution >= 0.6 is 0 Å². The summed E-state index contributed by atoms with van der Waals surface area (Å²) in [6.45, 7) is 16.6. The van der Waals surface area contributed by atoms with Crippen LogP contribution in [0.2, 0.25) is 0 Å². The highest BCUT2D eigenvalue weighted by atomic mass is 16.3. The first-order valence-electron chi connectivity index (χ1n) is 13.2. The first-order valence-corrected chi connectivity index (χ1v) is 13.2. The molecule has 0 aromatic rings. The van der Waals surface area contributed by atoms with Crippen LogP contribution in [0.15, 0.2) is 24.3 Å². The lowest BCUT2D eigenvalue weighted by Crippen LogP contribution is -2.50. The van der Waals surface area contributed by atoms with Crippen molar-refractivity contribution in [2.24, 2.45) is 52.3 Å². The van der Waals surface area contributed by atoms with E-state index in [1.165, 1.54) is 51.4 Å². The Kier molecular flexibility index (Phi) is 6.35. The second-order valence-electron chi connectivity index (χ2n) is 12.6. The van der Waals surface area contributed by atoms with Crippen LogP contribution in [0, 0.1) is 52.3 Å². The third-order valence-corrected chi connectivity index (χ3v) is 11.0. The van der Waals surface area contributed by atoms with Crippen molar-refractivity contribution in [3.63, 3.8) is 0 Å². The lowest BCUT2D eigenvalue weighted by molar-refractivity contribution is -0.0574. The summed E-state index contributed by atoms with van der Waals surface area (Å²) in [6.07, 6.45) is 17.6. The van der Waals surface area contributed by atoms with E-state index in [9.17, 15) is 5.11 Å². The van der Waals surface area contributed by atoms with Gasteiger partial charge in [-0.05, 0) is 116 Å². The van der Waals surface area contributed by atoms with Crippen LogP contribution in [0.4, 0.5) is 0 Å². The standard InChI is InChI=1S/C29H48O/c1-7-21(19(2)3)9-8-20(4)25-12-13-26-24-11-10-22-18-23(30)14-16-28(22,5)27(24)15-17-29(25,26)6/h7,10,19-21,23-27,30H,1,8-9,11-18H2,2-6H3/t20-,21?,23+,24+,25-,26+,27+,28+,29-/m1/s1. The summed E-state index contributed by atoms with van der Waals surface area (Å²) in [4.78, 5) is 0. The Labute approximate surface area is 186 Å². The quantitative estimate of drug-likeness (QED) is 0.441. The molecule has 3 fully saturated rings. The Morgan fingerprint density at radius 2 is 1.83 bits per heavy atom. The number of hydrogen-bond donors (Lipinski definition) is 1. The van der Waals surface area contributed by atoms with Gasteiger partial charge in [0, 0.05) is 0 Å². The highest BCUT2D eigenvalue weighted by Gasteiger charge is 2.59. The molecule has 0 aromatic carbocycles. The van der Waals surface area contributed by atoms with E-state index in [-0.39, 0.29) is 6.10 Å². The van der Waals surface area contributed by atoms with Gasteiger partial charge in [-0.25, -0.2) is 0 Å². The largest absolute Gasteiger partial charge is 0.393 e. The van der Waals surface area contributed by atoms with Gasteiger partial charge in [-0.15, -0.1) is 6.58 Å². The predicted octanol–water partition coefficient (Wildman–Crippen LogP) is 7.80. The molecule has 4 rings (SSSR count). The molecule has 30 heavy (non-hydrogen) atoms. The van der Waals surface area contributed by atoms with Crippen LogP contribution in [0.5, 0.6) is 0 Å². The third kappa shape index (κ3) is 3.66. The van der Waals surface area contributed by atoms with Crippen molar-refractivity contribution in [3.8, 4) is 0 Å². The second kappa shape index (κ2) is 8.42. The van der Waals surface area contributed by atoms with E-state index in [0.717, 1.165) is 48.3 Å². The van der Waals surface area contributed by atoms with Gasteiger partial charge in [0.25, 0.3) is 0 Å². The van der Waals surface area contributed by atoms with Crippen LogP contribution in [0.25, 0.3) is 0 Å². The Hall–Kier alpha value is -0.560. The molecule has 0 amide bonds. The molecule has 0 bridgehead atoms. The fourth-order valence-corrected chi connectivity index (χ4v) is 9.00. The molecule has 1 N–H and O–H groups in total. The molecule has 0 spiro atoms. The molecule has 3 saturated carbocycles. The zero-order chi connectivity index (χ0) is 21.7. The fraction of sp³-hybridized carbons (Fsp3) is 0.862. The predicted molar refractivity (Wildman–Crippen MR) is 128 cm³/mol. The maximum atomic E-state index is 10.2. The monoisotopic (exact) mass is 412 g/mol. The van der Waals surface area contributed by atoms with Crippen LogP contribution in [0.3, 0.4) is 0 Å². The maximum absolute atomic E-state index is 10.2. The summed E-state index contributed by atoms with van der Waals surface area (Å²) in [6, 6.07) is 0. The van der Waals surface area contributed by atoms with E-state index in [4.69, 9.17) is 0 Å². The molecule has 4 aliphatic carbocycles. The van der Waals surface area contributed by atoms with Gasteiger partial charge >= 0.3 is 0 Å². The average molecular weight is 413 g/mol. The summed E-state index contributed by atoms with van der Waals surface area (Å²) in [7, 11) is 0. The first kappa shape index (κ1) is 22.6. The normalized spacial score (nSPS) is 45.2. The van der Waals surface area contributed by atoms with Gasteiger partial charge in [0.2, 0.25) is 0 Å². The summed E-state index contributed by atoms with van der Waals surface area (Å²) < 4.78 is 0. The van der Waals surface area contributed by atoms with Crippen LogP contribution in [0.1, 0.15) is 98.8 Å². The first-order chi connectivity index (χ1) is 14.2.